The van der Waals surface area contributed by atoms with Gasteiger partial charge in [0.25, 0.3) is 5.91 Å². The number of anilines is 1. The Balaban J connectivity index is 2.03. The van der Waals surface area contributed by atoms with Gasteiger partial charge in [0.15, 0.2) is 0 Å². The number of carbonyl (C=O) groups excluding carboxylic acids is 1. The van der Waals surface area contributed by atoms with Gasteiger partial charge in [-0.25, -0.2) is 4.79 Å². The molecule has 6 heteroatoms. The molecule has 1 saturated carbocycles. The van der Waals surface area contributed by atoms with Crippen LogP contribution in [0.3, 0.4) is 0 Å². The molecule has 1 aliphatic carbocycles. The van der Waals surface area contributed by atoms with Crippen LogP contribution >= 0.6 is 11.3 Å². The molecule has 1 aromatic rings. The lowest BCUT2D eigenvalue weighted by Gasteiger charge is -2.44. The van der Waals surface area contributed by atoms with Crippen molar-refractivity contribution in [1.29, 1.82) is 0 Å². The standard InChI is InChI=1S/C22H29NO4S/c1-14-19(15-8-6-5-7-9-15)23(18(24)13-27-14)17-12-16(10-11-22(2,3)4)28-20(17)21(25)26/h12,14-15,19H,5-9,13H2,1-4H3,(H,25,26). The molecule has 0 radical (unpaired) electrons. The van der Waals surface area contributed by atoms with E-state index in [1.165, 1.54) is 6.42 Å². The Labute approximate surface area is 171 Å². The van der Waals surface area contributed by atoms with Gasteiger partial charge in [-0.15, -0.1) is 11.3 Å². The van der Waals surface area contributed by atoms with E-state index in [0.717, 1.165) is 37.0 Å². The molecule has 3 rings (SSSR count). The molecule has 1 aliphatic heterocycles. The van der Waals surface area contributed by atoms with Gasteiger partial charge in [-0.05, 0) is 52.5 Å². The van der Waals surface area contributed by atoms with Crippen LogP contribution in [0.4, 0.5) is 5.69 Å². The van der Waals surface area contributed by atoms with Crippen LogP contribution in [-0.2, 0) is 9.53 Å². The van der Waals surface area contributed by atoms with Gasteiger partial charge in [-0.2, -0.15) is 0 Å². The van der Waals surface area contributed by atoms with Crippen LogP contribution in [0.2, 0.25) is 0 Å². The van der Waals surface area contributed by atoms with Gasteiger partial charge >= 0.3 is 5.97 Å². The first-order valence-electron chi connectivity index (χ1n) is 10.0. The van der Waals surface area contributed by atoms with Crippen molar-refractivity contribution in [1.82, 2.24) is 0 Å². The maximum Gasteiger partial charge on any atom is 0.348 e. The maximum atomic E-state index is 12.9. The van der Waals surface area contributed by atoms with Gasteiger partial charge in [0.1, 0.15) is 11.5 Å². The van der Waals surface area contributed by atoms with Crippen molar-refractivity contribution < 1.29 is 19.4 Å². The number of carboxylic acid groups (broad SMARTS) is 1. The SMILES string of the molecule is CC1OCC(=O)N(c2cc(C#CC(C)(C)C)sc2C(=O)O)C1C1CCCCC1. The summed E-state index contributed by atoms with van der Waals surface area (Å²) in [5.74, 6) is 5.40. The number of carbonyl (C=O) groups is 2. The zero-order chi connectivity index (χ0) is 20.5. The van der Waals surface area contributed by atoms with E-state index in [1.807, 2.05) is 27.7 Å². The van der Waals surface area contributed by atoms with Crippen LogP contribution in [0.1, 0.15) is 74.3 Å². The second-order valence-corrected chi connectivity index (χ2v) is 9.85. The zero-order valence-corrected chi connectivity index (χ0v) is 17.9. The second-order valence-electron chi connectivity index (χ2n) is 8.80. The summed E-state index contributed by atoms with van der Waals surface area (Å²) in [4.78, 5) is 27.4. The Bertz CT molecular complexity index is 805. The van der Waals surface area contributed by atoms with Crippen LogP contribution in [0.5, 0.6) is 0 Å². The first-order chi connectivity index (χ1) is 13.2. The van der Waals surface area contributed by atoms with Gasteiger partial charge in [-0.1, -0.05) is 31.1 Å². The summed E-state index contributed by atoms with van der Waals surface area (Å²) in [6.07, 6.45) is 5.49. The van der Waals surface area contributed by atoms with E-state index in [0.29, 0.717) is 16.5 Å². The highest BCUT2D eigenvalue weighted by Gasteiger charge is 2.42. The zero-order valence-electron chi connectivity index (χ0n) is 17.1. The molecule has 1 amide bonds. The van der Waals surface area contributed by atoms with E-state index >= 15 is 0 Å². The van der Waals surface area contributed by atoms with Crippen molar-refractivity contribution in [3.63, 3.8) is 0 Å². The van der Waals surface area contributed by atoms with E-state index in [9.17, 15) is 14.7 Å². The number of rotatable bonds is 3. The van der Waals surface area contributed by atoms with Crippen molar-refractivity contribution in [2.45, 2.75) is 71.9 Å². The molecule has 2 unspecified atom stereocenters. The van der Waals surface area contributed by atoms with Crippen LogP contribution in [0, 0.1) is 23.2 Å². The van der Waals surface area contributed by atoms with Crippen molar-refractivity contribution >= 4 is 28.9 Å². The minimum atomic E-state index is -1.02. The molecule has 5 nitrogen and oxygen atoms in total. The van der Waals surface area contributed by atoms with Crippen LogP contribution in [-0.4, -0.2) is 35.7 Å². The lowest BCUT2D eigenvalue weighted by molar-refractivity contribution is -0.133. The molecule has 2 heterocycles. The van der Waals surface area contributed by atoms with Crippen molar-refractivity contribution in [3.05, 3.63) is 15.8 Å². The Morgan fingerprint density at radius 2 is 1.96 bits per heavy atom. The normalized spacial score (nSPS) is 24.0. The summed E-state index contributed by atoms with van der Waals surface area (Å²) in [6.45, 7) is 8.02. The molecule has 1 saturated heterocycles. The number of aromatic carboxylic acids is 1. The average molecular weight is 404 g/mol. The largest absolute Gasteiger partial charge is 0.477 e. The third kappa shape index (κ3) is 4.59. The summed E-state index contributed by atoms with van der Waals surface area (Å²) < 4.78 is 5.74. The average Bonchev–Trinajstić information content (AvgIpc) is 3.06. The highest BCUT2D eigenvalue weighted by atomic mass is 32.1. The van der Waals surface area contributed by atoms with Gasteiger partial charge in [0, 0.05) is 5.41 Å². The smallest absolute Gasteiger partial charge is 0.348 e. The summed E-state index contributed by atoms with van der Waals surface area (Å²) in [7, 11) is 0. The van der Waals surface area contributed by atoms with Crippen molar-refractivity contribution in [2.75, 3.05) is 11.5 Å². The molecule has 28 heavy (non-hydrogen) atoms. The summed E-state index contributed by atoms with van der Waals surface area (Å²) in [6, 6.07) is 1.65. The fourth-order valence-electron chi connectivity index (χ4n) is 4.14. The lowest BCUT2D eigenvalue weighted by atomic mass is 9.80. The number of carboxylic acids is 1. The quantitative estimate of drug-likeness (QED) is 0.752. The monoisotopic (exact) mass is 403 g/mol. The predicted octanol–water partition coefficient (Wildman–Crippen LogP) is 4.54. The summed E-state index contributed by atoms with van der Waals surface area (Å²) in [5, 5.41) is 9.78. The second kappa shape index (κ2) is 8.26. The van der Waals surface area contributed by atoms with Gasteiger partial charge in [0.05, 0.1) is 22.7 Å². The molecule has 1 aromatic heterocycles. The molecule has 1 N–H and O–H groups in total. The first kappa shape index (κ1) is 20.9. The molecule has 2 fully saturated rings. The number of morpholine rings is 1. The number of hydrogen-bond donors (Lipinski definition) is 1. The van der Waals surface area contributed by atoms with Crippen molar-refractivity contribution in [3.8, 4) is 11.8 Å². The molecule has 152 valence electrons. The van der Waals surface area contributed by atoms with Crippen LogP contribution < -0.4 is 4.90 Å². The molecule has 2 aliphatic rings. The van der Waals surface area contributed by atoms with Crippen LogP contribution in [0.25, 0.3) is 0 Å². The Kier molecular flexibility index (Phi) is 6.16. The molecule has 2 atom stereocenters. The van der Waals surface area contributed by atoms with E-state index in [4.69, 9.17) is 4.74 Å². The third-order valence-electron chi connectivity index (χ3n) is 5.38. The van der Waals surface area contributed by atoms with Gasteiger partial charge in [-0.3, -0.25) is 4.79 Å². The maximum absolute atomic E-state index is 12.9. The highest BCUT2D eigenvalue weighted by molar-refractivity contribution is 7.15. The molecule has 0 bridgehead atoms. The molecular formula is C22H29NO4S. The van der Waals surface area contributed by atoms with Gasteiger partial charge < -0.3 is 14.7 Å². The Morgan fingerprint density at radius 3 is 2.57 bits per heavy atom. The van der Waals surface area contributed by atoms with Crippen molar-refractivity contribution in [2.24, 2.45) is 11.3 Å². The minimum Gasteiger partial charge on any atom is -0.477 e. The fraction of sp³-hybridized carbons (Fsp3) is 0.636. The number of amides is 1. The number of thiophene rings is 1. The number of nitrogens with zero attached hydrogens (tertiary/aromatic N) is 1. The number of ether oxygens (including phenoxy) is 1. The fourth-order valence-corrected chi connectivity index (χ4v) is 4.98. The Hall–Kier alpha value is -1.84. The minimum absolute atomic E-state index is 0.0116. The summed E-state index contributed by atoms with van der Waals surface area (Å²) >= 11 is 1.15. The van der Waals surface area contributed by atoms with Crippen LogP contribution in [0.15, 0.2) is 6.07 Å². The van der Waals surface area contributed by atoms with E-state index in [1.54, 1.807) is 11.0 Å². The highest BCUT2D eigenvalue weighted by Crippen LogP contribution is 2.39. The van der Waals surface area contributed by atoms with E-state index in [2.05, 4.69) is 11.8 Å². The molecule has 0 aromatic carbocycles. The number of hydrogen-bond acceptors (Lipinski definition) is 4. The lowest BCUT2D eigenvalue weighted by Crippen LogP contribution is -2.57. The molecule has 0 spiro atoms. The Morgan fingerprint density at radius 1 is 1.29 bits per heavy atom. The molecular weight excluding hydrogens is 374 g/mol. The van der Waals surface area contributed by atoms with Gasteiger partial charge in [0.2, 0.25) is 0 Å². The first-order valence-corrected chi connectivity index (χ1v) is 10.8. The van der Waals surface area contributed by atoms with E-state index < -0.39 is 5.97 Å². The topological polar surface area (TPSA) is 66.8 Å². The third-order valence-corrected chi connectivity index (χ3v) is 6.40. The predicted molar refractivity (Wildman–Crippen MR) is 111 cm³/mol. The summed E-state index contributed by atoms with van der Waals surface area (Å²) in [5.41, 5.74) is 0.299. The van der Waals surface area contributed by atoms with E-state index in [-0.39, 0.29) is 35.0 Å².